The fourth-order valence-electron chi connectivity index (χ4n) is 7.65. The summed E-state index contributed by atoms with van der Waals surface area (Å²) in [5.74, 6) is -0.429. The van der Waals surface area contributed by atoms with Gasteiger partial charge in [-0.25, -0.2) is 4.39 Å². The molecule has 0 atom stereocenters. The van der Waals surface area contributed by atoms with E-state index in [0.717, 1.165) is 60.1 Å². The zero-order valence-electron chi connectivity index (χ0n) is 25.0. The highest BCUT2D eigenvalue weighted by molar-refractivity contribution is 5.99. The predicted molar refractivity (Wildman–Crippen MR) is 165 cm³/mol. The molecular weight excluding hydrogens is 527 g/mol. The molecule has 2 aliphatic heterocycles. The van der Waals surface area contributed by atoms with Crippen LogP contribution in [0.2, 0.25) is 0 Å². The summed E-state index contributed by atoms with van der Waals surface area (Å²) in [6.45, 7) is 6.19. The minimum absolute atomic E-state index is 0.0570. The quantitative estimate of drug-likeness (QED) is 0.271. The van der Waals surface area contributed by atoms with Gasteiger partial charge in [-0.2, -0.15) is 9.97 Å². The molecule has 2 saturated heterocycles. The van der Waals surface area contributed by atoms with Gasteiger partial charge in [0.2, 0.25) is 0 Å². The number of ether oxygens (including phenoxy) is 1. The fraction of sp³-hybridized carbons (Fsp3) is 0.500. The van der Waals surface area contributed by atoms with Crippen LogP contribution in [-0.4, -0.2) is 76.2 Å². The third-order valence-electron chi connectivity index (χ3n) is 10.4. The fourth-order valence-corrected chi connectivity index (χ4v) is 7.65. The molecular formula is C34H41FN6O. The van der Waals surface area contributed by atoms with Crippen molar-refractivity contribution in [3.8, 4) is 17.3 Å². The maximum Gasteiger partial charge on any atom is 0.317 e. The zero-order chi connectivity index (χ0) is 28.9. The summed E-state index contributed by atoms with van der Waals surface area (Å²) in [5.41, 5.74) is 3.38. The molecule has 4 heterocycles. The van der Waals surface area contributed by atoms with Gasteiger partial charge in [-0.3, -0.25) is 9.88 Å². The number of likely N-dealkylation sites (N-methyl/N-ethyl adjacent to an activating group) is 1. The van der Waals surface area contributed by atoms with Crippen molar-refractivity contribution < 1.29 is 9.13 Å². The van der Waals surface area contributed by atoms with Crippen LogP contribution < -0.4 is 10.1 Å². The first-order valence-corrected chi connectivity index (χ1v) is 15.5. The molecule has 220 valence electrons. The first kappa shape index (κ1) is 27.6. The molecule has 7 nitrogen and oxygen atoms in total. The van der Waals surface area contributed by atoms with E-state index in [-0.39, 0.29) is 22.6 Å². The summed E-state index contributed by atoms with van der Waals surface area (Å²) >= 11 is 0. The average molecular weight is 569 g/mol. The average Bonchev–Trinajstić information content (AvgIpc) is 3.54. The Morgan fingerprint density at radius 2 is 1.76 bits per heavy atom. The van der Waals surface area contributed by atoms with Gasteiger partial charge in [0.15, 0.2) is 5.82 Å². The van der Waals surface area contributed by atoms with Gasteiger partial charge in [0.05, 0.1) is 11.2 Å². The van der Waals surface area contributed by atoms with Crippen LogP contribution in [0.15, 0.2) is 42.6 Å². The number of aromatic nitrogens is 3. The van der Waals surface area contributed by atoms with Crippen LogP contribution in [0.25, 0.3) is 32.9 Å². The minimum Gasteiger partial charge on any atom is -0.461 e. The van der Waals surface area contributed by atoms with E-state index in [4.69, 9.17) is 14.7 Å². The number of nitrogens with zero attached hydrogens (tertiary/aromatic N) is 5. The molecule has 1 saturated carbocycles. The van der Waals surface area contributed by atoms with Crippen LogP contribution in [0.3, 0.4) is 0 Å². The summed E-state index contributed by atoms with van der Waals surface area (Å²) < 4.78 is 22.9. The first-order valence-electron chi connectivity index (χ1n) is 15.5. The summed E-state index contributed by atoms with van der Waals surface area (Å²) in [6.07, 6.45) is 9.99. The monoisotopic (exact) mass is 568 g/mol. The molecule has 7 rings (SSSR count). The van der Waals surface area contributed by atoms with E-state index in [1.807, 2.05) is 18.2 Å². The van der Waals surface area contributed by atoms with Crippen molar-refractivity contribution in [1.29, 1.82) is 0 Å². The van der Waals surface area contributed by atoms with E-state index < -0.39 is 5.82 Å². The second kappa shape index (κ2) is 10.8. The molecule has 2 aromatic carbocycles. The molecule has 0 amide bonds. The Labute approximate surface area is 247 Å². The Morgan fingerprint density at radius 3 is 2.48 bits per heavy atom. The van der Waals surface area contributed by atoms with Crippen LogP contribution in [0.5, 0.6) is 6.01 Å². The number of fused-ring (bicyclic) bond motifs is 3. The Hall–Kier alpha value is -3.20. The lowest BCUT2D eigenvalue weighted by Crippen LogP contribution is -2.56. The van der Waals surface area contributed by atoms with Gasteiger partial charge >= 0.3 is 6.01 Å². The van der Waals surface area contributed by atoms with E-state index in [2.05, 4.69) is 59.3 Å². The van der Waals surface area contributed by atoms with E-state index in [0.29, 0.717) is 24.2 Å². The van der Waals surface area contributed by atoms with E-state index in [1.54, 1.807) is 6.20 Å². The lowest BCUT2D eigenvalue weighted by Gasteiger charge is -2.47. The highest BCUT2D eigenvalue weighted by Gasteiger charge is 2.45. The highest BCUT2D eigenvalue weighted by atomic mass is 19.1. The second-order valence-electron chi connectivity index (χ2n) is 12.9. The molecule has 2 aromatic heterocycles. The predicted octanol–water partition coefficient (Wildman–Crippen LogP) is 5.87. The van der Waals surface area contributed by atoms with Gasteiger partial charge in [0.1, 0.15) is 17.8 Å². The summed E-state index contributed by atoms with van der Waals surface area (Å²) in [4.78, 5) is 19.1. The van der Waals surface area contributed by atoms with Crippen molar-refractivity contribution in [2.75, 3.05) is 40.3 Å². The number of halogens is 1. The van der Waals surface area contributed by atoms with E-state index in [9.17, 15) is 0 Å². The van der Waals surface area contributed by atoms with Crippen LogP contribution >= 0.6 is 0 Å². The van der Waals surface area contributed by atoms with Crippen molar-refractivity contribution in [2.45, 2.75) is 69.5 Å². The van der Waals surface area contributed by atoms with Gasteiger partial charge in [-0.1, -0.05) is 36.4 Å². The number of hydrogen-bond donors (Lipinski definition) is 1. The van der Waals surface area contributed by atoms with Gasteiger partial charge in [-0.05, 0) is 95.4 Å². The Bertz CT molecular complexity index is 1620. The van der Waals surface area contributed by atoms with Crippen molar-refractivity contribution >= 4 is 21.7 Å². The van der Waals surface area contributed by atoms with Crippen molar-refractivity contribution in [3.05, 3.63) is 59.7 Å². The molecule has 3 aliphatic rings. The smallest absolute Gasteiger partial charge is 0.317 e. The molecule has 1 aliphatic carbocycles. The largest absolute Gasteiger partial charge is 0.461 e. The molecule has 42 heavy (non-hydrogen) atoms. The molecule has 0 radical (unpaired) electrons. The number of nitrogens with one attached hydrogen (secondary N) is 1. The second-order valence-corrected chi connectivity index (χ2v) is 12.9. The number of benzene rings is 2. The molecule has 3 fully saturated rings. The standard InChI is InChI=1S/C34H41FN6O/c1-23-9-4-10-24-11-5-12-25(28(23)24)30-29(35)31-26(19-37-30)27(20-36-21-33(40(2)3)13-6-14-33)38-32(39-31)42-22-34-15-7-17-41(34)18-8-16-34/h4-5,9-12,19,36H,6-8,13-18,20-22H2,1-3H3. The number of pyridine rings is 1. The van der Waals surface area contributed by atoms with Crippen molar-refractivity contribution in [3.63, 3.8) is 0 Å². The summed E-state index contributed by atoms with van der Waals surface area (Å²) in [6, 6.07) is 12.4. The van der Waals surface area contributed by atoms with E-state index >= 15 is 4.39 Å². The van der Waals surface area contributed by atoms with Crippen LogP contribution in [-0.2, 0) is 6.54 Å². The number of hydrogen-bond acceptors (Lipinski definition) is 7. The highest BCUT2D eigenvalue weighted by Crippen LogP contribution is 2.40. The Morgan fingerprint density at radius 1 is 1.00 bits per heavy atom. The first-order chi connectivity index (χ1) is 20.4. The lowest BCUT2D eigenvalue weighted by atomic mass is 9.75. The molecule has 0 unspecified atom stereocenters. The molecule has 0 bridgehead atoms. The van der Waals surface area contributed by atoms with Crippen LogP contribution in [0.4, 0.5) is 4.39 Å². The topological polar surface area (TPSA) is 66.4 Å². The Kier molecular flexibility index (Phi) is 7.11. The number of rotatable bonds is 9. The van der Waals surface area contributed by atoms with Crippen LogP contribution in [0, 0.1) is 12.7 Å². The van der Waals surface area contributed by atoms with Gasteiger partial charge < -0.3 is 15.0 Å². The minimum atomic E-state index is -0.429. The molecule has 0 spiro atoms. The van der Waals surface area contributed by atoms with Crippen LogP contribution in [0.1, 0.15) is 56.2 Å². The summed E-state index contributed by atoms with van der Waals surface area (Å²) in [5, 5.41) is 6.33. The van der Waals surface area contributed by atoms with Gasteiger partial charge in [0, 0.05) is 35.8 Å². The van der Waals surface area contributed by atoms with Gasteiger partial charge in [-0.15, -0.1) is 0 Å². The Balaban J connectivity index is 1.27. The lowest BCUT2D eigenvalue weighted by molar-refractivity contribution is 0.0597. The SMILES string of the molecule is Cc1cccc2cccc(-c3ncc4c(CNCC5(N(C)C)CCC5)nc(OCC56CCCN5CCC6)nc4c3F)c12. The van der Waals surface area contributed by atoms with Crippen molar-refractivity contribution in [2.24, 2.45) is 0 Å². The maximum atomic E-state index is 16.6. The van der Waals surface area contributed by atoms with Crippen molar-refractivity contribution in [1.82, 2.24) is 30.1 Å². The molecule has 4 aromatic rings. The normalized spacial score (nSPS) is 19.5. The van der Waals surface area contributed by atoms with Gasteiger partial charge in [0.25, 0.3) is 0 Å². The summed E-state index contributed by atoms with van der Waals surface area (Å²) in [7, 11) is 4.30. The third kappa shape index (κ3) is 4.64. The number of aryl methyl sites for hydroxylation is 1. The van der Waals surface area contributed by atoms with E-state index in [1.165, 1.54) is 32.1 Å². The third-order valence-corrected chi connectivity index (χ3v) is 10.4. The zero-order valence-corrected chi connectivity index (χ0v) is 25.0. The maximum absolute atomic E-state index is 16.6. The molecule has 1 N–H and O–H groups in total. The molecule has 8 heteroatoms.